The zero-order valence-corrected chi connectivity index (χ0v) is 13.5. The lowest BCUT2D eigenvalue weighted by Gasteiger charge is -2.09. The van der Waals surface area contributed by atoms with Gasteiger partial charge >= 0.3 is 12.0 Å². The minimum atomic E-state index is -0.652. The van der Waals surface area contributed by atoms with E-state index in [1.165, 1.54) is 5.56 Å². The highest BCUT2D eigenvalue weighted by Gasteiger charge is 2.16. The number of aryl methyl sites for hydroxylation is 2. The lowest BCUT2D eigenvalue weighted by atomic mass is 10.1. The molecule has 2 N–H and O–H groups in total. The van der Waals surface area contributed by atoms with Crippen LogP contribution in [0.4, 0.5) is 4.79 Å². The molecule has 124 valence electrons. The summed E-state index contributed by atoms with van der Waals surface area (Å²) in [6, 6.07) is 4.87. The molecule has 6 heteroatoms. The van der Waals surface area contributed by atoms with Gasteiger partial charge in [0.15, 0.2) is 6.61 Å². The van der Waals surface area contributed by atoms with E-state index in [0.717, 1.165) is 24.8 Å². The number of rotatable bonds is 5. The molecule has 0 spiro atoms. The molecule has 0 bridgehead atoms. The lowest BCUT2D eigenvalue weighted by Crippen LogP contribution is -2.42. The minimum Gasteiger partial charge on any atom is -0.452 e. The van der Waals surface area contributed by atoms with Crippen molar-refractivity contribution in [2.24, 2.45) is 5.92 Å². The van der Waals surface area contributed by atoms with Crippen LogP contribution >= 0.6 is 0 Å². The van der Waals surface area contributed by atoms with E-state index in [4.69, 9.17) is 4.74 Å². The number of nitrogens with one attached hydrogen (secondary N) is 2. The smallest absolute Gasteiger partial charge is 0.338 e. The van der Waals surface area contributed by atoms with Crippen molar-refractivity contribution in [3.05, 3.63) is 34.9 Å². The Morgan fingerprint density at radius 3 is 2.65 bits per heavy atom. The SMILES string of the molecule is CC(C)CNC(=O)NC(=O)COC(=O)c1ccc2c(c1)CCC2. The molecular formula is C17H22N2O4. The normalized spacial score (nSPS) is 12.7. The van der Waals surface area contributed by atoms with E-state index in [-0.39, 0.29) is 5.92 Å². The average Bonchev–Trinajstić information content (AvgIpc) is 2.98. The van der Waals surface area contributed by atoms with Gasteiger partial charge < -0.3 is 10.1 Å². The van der Waals surface area contributed by atoms with Gasteiger partial charge in [0, 0.05) is 6.54 Å². The summed E-state index contributed by atoms with van der Waals surface area (Å²) < 4.78 is 4.95. The Labute approximate surface area is 135 Å². The Hall–Kier alpha value is -2.37. The number of benzene rings is 1. The van der Waals surface area contributed by atoms with Crippen molar-refractivity contribution in [1.82, 2.24) is 10.6 Å². The Morgan fingerprint density at radius 1 is 1.17 bits per heavy atom. The number of fused-ring (bicyclic) bond motifs is 1. The molecule has 2 rings (SSSR count). The van der Waals surface area contributed by atoms with Crippen LogP contribution in [0.15, 0.2) is 18.2 Å². The molecule has 1 aliphatic rings. The number of esters is 1. The zero-order valence-electron chi connectivity index (χ0n) is 13.5. The third-order valence-electron chi connectivity index (χ3n) is 3.59. The number of urea groups is 1. The highest BCUT2D eigenvalue weighted by atomic mass is 16.5. The number of imide groups is 1. The fourth-order valence-electron chi connectivity index (χ4n) is 2.42. The van der Waals surface area contributed by atoms with Crippen LogP contribution in [0.5, 0.6) is 0 Å². The van der Waals surface area contributed by atoms with Crippen molar-refractivity contribution in [1.29, 1.82) is 0 Å². The van der Waals surface area contributed by atoms with E-state index in [9.17, 15) is 14.4 Å². The average molecular weight is 318 g/mol. The van der Waals surface area contributed by atoms with Crippen LogP contribution in [0.2, 0.25) is 0 Å². The molecule has 0 aromatic heterocycles. The van der Waals surface area contributed by atoms with Gasteiger partial charge in [-0.1, -0.05) is 19.9 Å². The number of carbonyl (C=O) groups is 3. The molecule has 0 aliphatic heterocycles. The summed E-state index contributed by atoms with van der Waals surface area (Å²) in [6.45, 7) is 3.88. The second-order valence-electron chi connectivity index (χ2n) is 6.07. The van der Waals surface area contributed by atoms with Crippen molar-refractivity contribution in [2.45, 2.75) is 33.1 Å². The molecule has 1 aromatic rings. The van der Waals surface area contributed by atoms with E-state index in [2.05, 4.69) is 10.6 Å². The summed E-state index contributed by atoms with van der Waals surface area (Å²) in [5.41, 5.74) is 2.86. The maximum absolute atomic E-state index is 11.9. The number of ether oxygens (including phenoxy) is 1. The van der Waals surface area contributed by atoms with Gasteiger partial charge in [0.05, 0.1) is 5.56 Å². The summed E-state index contributed by atoms with van der Waals surface area (Å²) in [4.78, 5) is 34.9. The predicted molar refractivity (Wildman–Crippen MR) is 85.1 cm³/mol. The first-order chi connectivity index (χ1) is 11.0. The molecule has 0 heterocycles. The summed E-state index contributed by atoms with van der Waals surface area (Å²) in [7, 11) is 0. The fourth-order valence-corrected chi connectivity index (χ4v) is 2.42. The molecule has 23 heavy (non-hydrogen) atoms. The molecule has 0 atom stereocenters. The third kappa shape index (κ3) is 5.09. The van der Waals surface area contributed by atoms with E-state index in [1.54, 1.807) is 6.07 Å². The first-order valence-corrected chi connectivity index (χ1v) is 7.82. The van der Waals surface area contributed by atoms with Gasteiger partial charge in [0.25, 0.3) is 5.91 Å². The summed E-state index contributed by atoms with van der Waals surface area (Å²) >= 11 is 0. The number of amides is 3. The fraction of sp³-hybridized carbons (Fsp3) is 0.471. The highest BCUT2D eigenvalue weighted by molar-refractivity contribution is 5.97. The van der Waals surface area contributed by atoms with E-state index < -0.39 is 24.5 Å². The molecule has 0 saturated carbocycles. The molecule has 1 aromatic carbocycles. The van der Waals surface area contributed by atoms with Gasteiger partial charge in [-0.15, -0.1) is 0 Å². The molecule has 3 amide bonds. The Kier molecular flexibility index (Phi) is 5.73. The molecule has 0 radical (unpaired) electrons. The Balaban J connectivity index is 1.77. The topological polar surface area (TPSA) is 84.5 Å². The van der Waals surface area contributed by atoms with Crippen LogP contribution in [0, 0.1) is 5.92 Å². The Morgan fingerprint density at radius 2 is 1.91 bits per heavy atom. The zero-order chi connectivity index (χ0) is 16.8. The van der Waals surface area contributed by atoms with Crippen molar-refractivity contribution in [3.8, 4) is 0 Å². The molecule has 0 fully saturated rings. The van der Waals surface area contributed by atoms with Gasteiger partial charge in [-0.2, -0.15) is 0 Å². The predicted octanol–water partition coefficient (Wildman–Crippen LogP) is 1.81. The highest BCUT2D eigenvalue weighted by Crippen LogP contribution is 2.23. The summed E-state index contributed by atoms with van der Waals surface area (Å²) in [5, 5.41) is 4.67. The number of carbonyl (C=O) groups excluding carboxylic acids is 3. The van der Waals surface area contributed by atoms with Gasteiger partial charge in [-0.05, 0) is 48.4 Å². The largest absolute Gasteiger partial charge is 0.452 e. The lowest BCUT2D eigenvalue weighted by molar-refractivity contribution is -0.123. The van der Waals surface area contributed by atoms with E-state index >= 15 is 0 Å². The second-order valence-corrected chi connectivity index (χ2v) is 6.07. The maximum Gasteiger partial charge on any atom is 0.338 e. The molecule has 0 unspecified atom stereocenters. The van der Waals surface area contributed by atoms with Crippen LogP contribution in [0.1, 0.15) is 41.8 Å². The van der Waals surface area contributed by atoms with Crippen molar-refractivity contribution < 1.29 is 19.1 Å². The maximum atomic E-state index is 11.9. The van der Waals surface area contributed by atoms with Crippen molar-refractivity contribution in [3.63, 3.8) is 0 Å². The minimum absolute atomic E-state index is 0.286. The third-order valence-corrected chi connectivity index (χ3v) is 3.59. The van der Waals surface area contributed by atoms with Crippen LogP contribution in [0.25, 0.3) is 0 Å². The molecular weight excluding hydrogens is 296 g/mol. The molecule has 0 saturated heterocycles. The van der Waals surface area contributed by atoms with Crippen LogP contribution in [0.3, 0.4) is 0 Å². The first kappa shape index (κ1) is 17.0. The van der Waals surface area contributed by atoms with Crippen molar-refractivity contribution >= 4 is 17.9 Å². The second kappa shape index (κ2) is 7.76. The van der Waals surface area contributed by atoms with Crippen molar-refractivity contribution in [2.75, 3.05) is 13.2 Å². The monoisotopic (exact) mass is 318 g/mol. The standard InChI is InChI=1S/C17H22N2O4/c1-11(2)9-18-17(22)19-15(20)10-23-16(21)14-7-6-12-4-3-5-13(12)8-14/h6-8,11H,3-5,9-10H2,1-2H3,(H2,18,19,20,22). The number of hydrogen-bond donors (Lipinski definition) is 2. The number of hydrogen-bond acceptors (Lipinski definition) is 4. The van der Waals surface area contributed by atoms with Crippen LogP contribution in [-0.2, 0) is 22.4 Å². The summed E-state index contributed by atoms with van der Waals surface area (Å²) in [6.07, 6.45) is 3.10. The van der Waals surface area contributed by atoms with E-state index in [0.29, 0.717) is 12.1 Å². The molecule has 6 nitrogen and oxygen atoms in total. The molecule has 1 aliphatic carbocycles. The van der Waals surface area contributed by atoms with Gasteiger partial charge in [0.1, 0.15) is 0 Å². The van der Waals surface area contributed by atoms with Gasteiger partial charge in [0.2, 0.25) is 0 Å². The van der Waals surface area contributed by atoms with E-state index in [1.807, 2.05) is 26.0 Å². The summed E-state index contributed by atoms with van der Waals surface area (Å²) in [5.74, 6) is -0.924. The quantitative estimate of drug-likeness (QED) is 0.811. The Bertz CT molecular complexity index is 611. The van der Waals surface area contributed by atoms with Gasteiger partial charge in [-0.25, -0.2) is 9.59 Å². The van der Waals surface area contributed by atoms with Crippen LogP contribution < -0.4 is 10.6 Å². The van der Waals surface area contributed by atoms with Gasteiger partial charge in [-0.3, -0.25) is 10.1 Å². The van der Waals surface area contributed by atoms with Crippen LogP contribution in [-0.4, -0.2) is 31.1 Å². The first-order valence-electron chi connectivity index (χ1n) is 7.82.